The van der Waals surface area contributed by atoms with Crippen molar-refractivity contribution in [3.63, 3.8) is 0 Å². The van der Waals surface area contributed by atoms with E-state index in [4.69, 9.17) is 4.42 Å². The van der Waals surface area contributed by atoms with E-state index in [1.807, 2.05) is 0 Å². The van der Waals surface area contributed by atoms with Gasteiger partial charge in [-0.2, -0.15) is 0 Å². The fraction of sp³-hybridized carbons (Fsp3) is 0.600. The van der Waals surface area contributed by atoms with Gasteiger partial charge in [0.15, 0.2) is 5.76 Å². The Morgan fingerprint density at radius 3 is 2.43 bits per heavy atom. The summed E-state index contributed by atoms with van der Waals surface area (Å²) in [5.41, 5.74) is 0. The van der Waals surface area contributed by atoms with Crippen molar-refractivity contribution < 1.29 is 18.7 Å². The Labute approximate surface area is 125 Å². The third kappa shape index (κ3) is 5.59. The van der Waals surface area contributed by atoms with Crippen LogP contribution in [0.2, 0.25) is 0 Å². The minimum atomic E-state index is -0.324. The first kappa shape index (κ1) is 17.2. The maximum absolute atomic E-state index is 12.4. The molecule has 1 amide bonds. The van der Waals surface area contributed by atoms with Crippen LogP contribution >= 0.6 is 0 Å². The Balaban J connectivity index is 2.65. The first-order chi connectivity index (χ1) is 10.1. The molecule has 0 unspecified atom stereocenters. The van der Waals surface area contributed by atoms with Crippen LogP contribution in [0.4, 0.5) is 0 Å². The highest BCUT2D eigenvalue weighted by Gasteiger charge is 2.19. The average molecular weight is 296 g/mol. The number of amides is 1. The van der Waals surface area contributed by atoms with Crippen LogP contribution in [0.5, 0.6) is 0 Å². The predicted molar refractivity (Wildman–Crippen MR) is 79.0 cm³/mol. The molecule has 1 rings (SSSR count). The van der Waals surface area contributed by atoms with E-state index in [1.165, 1.54) is 13.4 Å². The van der Waals surface area contributed by atoms with Crippen LogP contribution in [-0.2, 0) is 9.53 Å². The molecule has 6 heteroatoms. The molecule has 0 spiro atoms. The molecule has 118 valence electrons. The van der Waals surface area contributed by atoms with E-state index in [9.17, 15) is 9.59 Å². The number of methoxy groups -OCH3 is 1. The van der Waals surface area contributed by atoms with Gasteiger partial charge in [-0.25, -0.2) is 0 Å². The monoisotopic (exact) mass is 296 g/mol. The number of hydrogen-bond donors (Lipinski definition) is 0. The van der Waals surface area contributed by atoms with E-state index in [0.29, 0.717) is 18.8 Å². The van der Waals surface area contributed by atoms with E-state index in [0.717, 1.165) is 19.6 Å². The van der Waals surface area contributed by atoms with Gasteiger partial charge in [0, 0.05) is 19.6 Å². The molecule has 21 heavy (non-hydrogen) atoms. The number of ether oxygens (including phenoxy) is 1. The van der Waals surface area contributed by atoms with Crippen molar-refractivity contribution >= 4 is 11.9 Å². The molecule has 0 atom stereocenters. The first-order valence-corrected chi connectivity index (χ1v) is 7.24. The van der Waals surface area contributed by atoms with Gasteiger partial charge in [-0.05, 0) is 25.2 Å². The zero-order chi connectivity index (χ0) is 15.7. The Hall–Kier alpha value is -1.82. The molecule has 1 heterocycles. The third-order valence-electron chi connectivity index (χ3n) is 3.41. The largest absolute Gasteiger partial charge is 0.469 e. The Bertz CT molecular complexity index is 427. The van der Waals surface area contributed by atoms with Crippen LogP contribution in [0.15, 0.2) is 22.8 Å². The maximum atomic E-state index is 12.4. The summed E-state index contributed by atoms with van der Waals surface area (Å²) in [5, 5.41) is 0. The lowest BCUT2D eigenvalue weighted by molar-refractivity contribution is -0.140. The van der Waals surface area contributed by atoms with E-state index in [2.05, 4.69) is 23.5 Å². The summed E-state index contributed by atoms with van der Waals surface area (Å²) in [7, 11) is 1.34. The van der Waals surface area contributed by atoms with Gasteiger partial charge in [-0.1, -0.05) is 13.8 Å². The number of rotatable bonds is 9. The van der Waals surface area contributed by atoms with Gasteiger partial charge >= 0.3 is 5.97 Å². The van der Waals surface area contributed by atoms with Gasteiger partial charge < -0.3 is 19.0 Å². The van der Waals surface area contributed by atoms with Crippen molar-refractivity contribution in [1.29, 1.82) is 0 Å². The lowest BCUT2D eigenvalue weighted by atomic mass is 10.3. The van der Waals surface area contributed by atoms with Crippen molar-refractivity contribution in [1.82, 2.24) is 9.80 Å². The fourth-order valence-electron chi connectivity index (χ4n) is 2.00. The molecule has 0 aromatic carbocycles. The summed E-state index contributed by atoms with van der Waals surface area (Å²) in [6.07, 6.45) is 1.65. The van der Waals surface area contributed by atoms with Crippen molar-refractivity contribution in [3.8, 4) is 0 Å². The van der Waals surface area contributed by atoms with Gasteiger partial charge in [0.05, 0.1) is 19.8 Å². The van der Waals surface area contributed by atoms with Crippen LogP contribution < -0.4 is 0 Å². The van der Waals surface area contributed by atoms with Gasteiger partial charge in [-0.15, -0.1) is 0 Å². The zero-order valence-electron chi connectivity index (χ0n) is 13.0. The summed E-state index contributed by atoms with van der Waals surface area (Å²) >= 11 is 0. The van der Waals surface area contributed by atoms with Crippen molar-refractivity contribution in [2.75, 3.05) is 39.8 Å². The molecule has 0 radical (unpaired) electrons. The van der Waals surface area contributed by atoms with Crippen molar-refractivity contribution in [2.24, 2.45) is 0 Å². The van der Waals surface area contributed by atoms with E-state index >= 15 is 0 Å². The molecular formula is C15H24N2O4. The highest BCUT2D eigenvalue weighted by Crippen LogP contribution is 2.07. The van der Waals surface area contributed by atoms with Gasteiger partial charge in [0.25, 0.3) is 5.91 Å². The minimum absolute atomic E-state index is 0.182. The molecule has 1 aromatic rings. The van der Waals surface area contributed by atoms with E-state index in [-0.39, 0.29) is 18.3 Å². The van der Waals surface area contributed by atoms with E-state index in [1.54, 1.807) is 17.0 Å². The van der Waals surface area contributed by atoms with Crippen LogP contribution in [0.1, 0.15) is 30.8 Å². The number of furan rings is 1. The molecular weight excluding hydrogens is 272 g/mol. The molecule has 0 aliphatic carbocycles. The molecule has 6 nitrogen and oxygen atoms in total. The minimum Gasteiger partial charge on any atom is -0.469 e. The molecule has 0 aliphatic heterocycles. The fourth-order valence-corrected chi connectivity index (χ4v) is 2.00. The van der Waals surface area contributed by atoms with Gasteiger partial charge in [-0.3, -0.25) is 9.59 Å². The lowest BCUT2D eigenvalue weighted by Crippen LogP contribution is -2.39. The quantitative estimate of drug-likeness (QED) is 0.648. The number of carbonyl (C=O) groups excluding carboxylic acids is 2. The second-order valence-electron chi connectivity index (χ2n) is 4.62. The zero-order valence-corrected chi connectivity index (χ0v) is 13.0. The van der Waals surface area contributed by atoms with E-state index < -0.39 is 0 Å². The topological polar surface area (TPSA) is 63.0 Å². The number of hydrogen-bond acceptors (Lipinski definition) is 5. The number of likely N-dealkylation sites (N-methyl/N-ethyl adjacent to an activating group) is 1. The Kier molecular flexibility index (Phi) is 7.53. The van der Waals surface area contributed by atoms with Crippen molar-refractivity contribution in [2.45, 2.75) is 20.3 Å². The second-order valence-corrected chi connectivity index (χ2v) is 4.62. The Morgan fingerprint density at radius 1 is 1.19 bits per heavy atom. The third-order valence-corrected chi connectivity index (χ3v) is 3.41. The molecule has 0 saturated heterocycles. The maximum Gasteiger partial charge on any atom is 0.307 e. The lowest BCUT2D eigenvalue weighted by Gasteiger charge is -2.25. The molecule has 0 saturated carbocycles. The summed E-state index contributed by atoms with van der Waals surface area (Å²) in [6, 6.07) is 3.31. The van der Waals surface area contributed by atoms with Crippen LogP contribution in [-0.4, -0.2) is 61.5 Å². The van der Waals surface area contributed by atoms with Gasteiger partial charge in [0.1, 0.15) is 0 Å². The molecule has 1 aromatic heterocycles. The molecule has 0 bridgehead atoms. The number of nitrogens with zero attached hydrogens (tertiary/aromatic N) is 2. The summed E-state index contributed by atoms with van der Waals surface area (Å²) in [5.74, 6) is -0.231. The standard InChI is InChI=1S/C15H24N2O4/c1-4-16(5-2)10-11-17(9-8-14(18)20-3)15(19)13-7-6-12-21-13/h6-7,12H,4-5,8-11H2,1-3H3. The first-order valence-electron chi connectivity index (χ1n) is 7.24. The number of carbonyl (C=O) groups is 2. The summed E-state index contributed by atoms with van der Waals surface area (Å²) < 4.78 is 9.78. The van der Waals surface area contributed by atoms with Crippen LogP contribution in [0.25, 0.3) is 0 Å². The van der Waals surface area contributed by atoms with Gasteiger partial charge in [0.2, 0.25) is 0 Å². The van der Waals surface area contributed by atoms with Crippen molar-refractivity contribution in [3.05, 3.63) is 24.2 Å². The highest BCUT2D eigenvalue weighted by atomic mass is 16.5. The van der Waals surface area contributed by atoms with Crippen LogP contribution in [0.3, 0.4) is 0 Å². The smallest absolute Gasteiger partial charge is 0.307 e. The normalized spacial score (nSPS) is 10.7. The number of esters is 1. The molecule has 0 fully saturated rings. The SMILES string of the molecule is CCN(CC)CCN(CCC(=O)OC)C(=O)c1ccco1. The van der Waals surface area contributed by atoms with Crippen LogP contribution in [0, 0.1) is 0 Å². The Morgan fingerprint density at radius 2 is 1.90 bits per heavy atom. The predicted octanol–water partition coefficient (Wildman–Crippen LogP) is 1.63. The molecule has 0 N–H and O–H groups in total. The average Bonchev–Trinajstić information content (AvgIpc) is 3.04. The molecule has 0 aliphatic rings. The second kappa shape index (κ2) is 9.18. The highest BCUT2D eigenvalue weighted by molar-refractivity contribution is 5.91. The summed E-state index contributed by atoms with van der Waals surface area (Å²) in [4.78, 5) is 27.5. The summed E-state index contributed by atoms with van der Waals surface area (Å²) in [6.45, 7) is 7.66.